The lowest BCUT2D eigenvalue weighted by Crippen LogP contribution is -2.42. The van der Waals surface area contributed by atoms with Gasteiger partial charge in [0.15, 0.2) is 0 Å². The third-order valence-electron chi connectivity index (χ3n) is 6.00. The number of hydrogen-bond donors (Lipinski definition) is 2. The van der Waals surface area contributed by atoms with E-state index >= 15 is 0 Å². The summed E-state index contributed by atoms with van der Waals surface area (Å²) in [5.41, 5.74) is 8.18. The zero-order valence-corrected chi connectivity index (χ0v) is 20.5. The molecule has 4 rings (SSSR count). The maximum absolute atomic E-state index is 12.3. The molecule has 1 unspecified atom stereocenters. The number of aryl methyl sites for hydroxylation is 2. The fraction of sp³-hybridized carbons (Fsp3) is 0.417. The number of thiophene rings is 1. The number of hydrazine groups is 1. The molecule has 2 heterocycles. The minimum atomic E-state index is -0.340. The van der Waals surface area contributed by atoms with E-state index in [1.54, 1.807) is 29.8 Å². The number of nitrogens with one attached hydrogen (secondary N) is 2. The van der Waals surface area contributed by atoms with E-state index < -0.39 is 0 Å². The second-order valence-electron chi connectivity index (χ2n) is 9.33. The second-order valence-corrected chi connectivity index (χ2v) is 11.4. The van der Waals surface area contributed by atoms with E-state index in [2.05, 4.69) is 41.6 Å². The minimum Gasteiger partial charge on any atom is -0.272 e. The number of carbonyl (C=O) groups excluding carboxylic acids is 2. The highest BCUT2D eigenvalue weighted by Crippen LogP contribution is 2.44. The fourth-order valence-corrected chi connectivity index (χ4v) is 6.16. The van der Waals surface area contributed by atoms with Crippen LogP contribution in [0.1, 0.15) is 53.6 Å². The van der Waals surface area contributed by atoms with Gasteiger partial charge in [0.1, 0.15) is 16.2 Å². The van der Waals surface area contributed by atoms with Gasteiger partial charge in [-0.2, -0.15) is 0 Å². The Bertz CT molecular complexity index is 1150. The van der Waals surface area contributed by atoms with Gasteiger partial charge in [0, 0.05) is 15.8 Å². The quantitative estimate of drug-likeness (QED) is 0.329. The van der Waals surface area contributed by atoms with Gasteiger partial charge in [-0.25, -0.2) is 9.97 Å². The second kappa shape index (κ2) is 9.19. The molecule has 0 radical (unpaired) electrons. The molecule has 1 atom stereocenters. The van der Waals surface area contributed by atoms with Crippen molar-refractivity contribution < 1.29 is 9.59 Å². The topological polar surface area (TPSA) is 84.0 Å². The lowest BCUT2D eigenvalue weighted by atomic mass is 9.72. The molecule has 0 saturated heterocycles. The first-order valence-electron chi connectivity index (χ1n) is 10.8. The number of nitrogens with zero attached hydrogens (tertiary/aromatic N) is 2. The summed E-state index contributed by atoms with van der Waals surface area (Å²) < 4.78 is 0. The number of rotatable bonds is 4. The molecule has 0 bridgehead atoms. The van der Waals surface area contributed by atoms with Crippen LogP contribution in [0.4, 0.5) is 0 Å². The Kier molecular flexibility index (Phi) is 6.53. The molecule has 0 saturated carbocycles. The molecule has 2 aromatic heterocycles. The molecular weight excluding hydrogens is 440 g/mol. The third-order valence-corrected chi connectivity index (χ3v) is 8.16. The smallest absolute Gasteiger partial charge is 0.269 e. The number of fused-ring (bicyclic) bond motifs is 3. The highest BCUT2D eigenvalue weighted by molar-refractivity contribution is 8.00. The van der Waals surface area contributed by atoms with E-state index in [0.29, 0.717) is 11.5 Å². The van der Waals surface area contributed by atoms with Crippen molar-refractivity contribution in [2.24, 2.45) is 11.3 Å². The first-order valence-corrected chi connectivity index (χ1v) is 12.6. The van der Waals surface area contributed by atoms with Crippen molar-refractivity contribution in [3.8, 4) is 0 Å². The zero-order chi connectivity index (χ0) is 22.9. The minimum absolute atomic E-state index is 0.162. The van der Waals surface area contributed by atoms with Crippen molar-refractivity contribution in [3.05, 3.63) is 52.2 Å². The Hall–Kier alpha value is -2.45. The predicted molar refractivity (Wildman–Crippen MR) is 130 cm³/mol. The summed E-state index contributed by atoms with van der Waals surface area (Å²) in [6.07, 6.45) is 4.84. The summed E-state index contributed by atoms with van der Waals surface area (Å²) in [5, 5.41) is 1.93. The maximum Gasteiger partial charge on any atom is 0.269 e. The standard InChI is InChI=1S/C24H28N4O2S2/c1-14-5-7-15(8-6-14)21(30)28-27-19(29)12-31-22-20-17-10-9-16(24(2,3)4)11-18(17)32-23(20)26-13-25-22/h5-8,13,16H,9-12H2,1-4H3,(H,27,29)(H,28,30). The highest BCUT2D eigenvalue weighted by Gasteiger charge is 2.31. The lowest BCUT2D eigenvalue weighted by molar-refractivity contribution is -0.119. The fourth-order valence-electron chi connectivity index (χ4n) is 4.00. The van der Waals surface area contributed by atoms with Gasteiger partial charge in [0.05, 0.1) is 5.75 Å². The van der Waals surface area contributed by atoms with Gasteiger partial charge in [0.2, 0.25) is 5.91 Å². The van der Waals surface area contributed by atoms with Crippen LogP contribution < -0.4 is 10.9 Å². The molecule has 0 fully saturated rings. The van der Waals surface area contributed by atoms with Crippen LogP contribution in [0, 0.1) is 18.3 Å². The summed E-state index contributed by atoms with van der Waals surface area (Å²) in [6.45, 7) is 8.90. The molecule has 168 valence electrons. The molecule has 6 nitrogen and oxygen atoms in total. The molecule has 0 spiro atoms. The van der Waals surface area contributed by atoms with Gasteiger partial charge in [-0.3, -0.25) is 20.4 Å². The van der Waals surface area contributed by atoms with E-state index in [1.807, 2.05) is 19.1 Å². The van der Waals surface area contributed by atoms with Crippen LogP contribution in [-0.4, -0.2) is 27.5 Å². The number of hydrogen-bond acceptors (Lipinski definition) is 6. The van der Waals surface area contributed by atoms with Crippen LogP contribution in [0.3, 0.4) is 0 Å². The monoisotopic (exact) mass is 468 g/mol. The molecule has 2 amide bonds. The molecule has 1 aromatic carbocycles. The first-order chi connectivity index (χ1) is 15.2. The zero-order valence-electron chi connectivity index (χ0n) is 18.8. The van der Waals surface area contributed by atoms with Crippen LogP contribution >= 0.6 is 23.1 Å². The Morgan fingerprint density at radius 2 is 1.91 bits per heavy atom. The Morgan fingerprint density at radius 1 is 1.16 bits per heavy atom. The maximum atomic E-state index is 12.3. The van der Waals surface area contributed by atoms with Crippen molar-refractivity contribution in [2.45, 2.75) is 52.0 Å². The van der Waals surface area contributed by atoms with Gasteiger partial charge in [-0.1, -0.05) is 50.2 Å². The molecule has 8 heteroatoms. The van der Waals surface area contributed by atoms with Crippen LogP contribution in [-0.2, 0) is 17.6 Å². The van der Waals surface area contributed by atoms with E-state index in [0.717, 1.165) is 40.1 Å². The summed E-state index contributed by atoms with van der Waals surface area (Å²) in [7, 11) is 0. The van der Waals surface area contributed by atoms with Crippen LogP contribution in [0.2, 0.25) is 0 Å². The van der Waals surface area contributed by atoms with Crippen LogP contribution in [0.25, 0.3) is 10.2 Å². The van der Waals surface area contributed by atoms with Gasteiger partial charge in [-0.15, -0.1) is 11.3 Å². The van der Waals surface area contributed by atoms with E-state index in [4.69, 9.17) is 0 Å². The number of thioether (sulfide) groups is 1. The number of aromatic nitrogens is 2. The third kappa shape index (κ3) is 4.96. The van der Waals surface area contributed by atoms with Gasteiger partial charge < -0.3 is 0 Å². The van der Waals surface area contributed by atoms with Crippen molar-refractivity contribution in [1.82, 2.24) is 20.8 Å². The Balaban J connectivity index is 1.40. The van der Waals surface area contributed by atoms with Crippen molar-refractivity contribution >= 4 is 45.1 Å². The largest absolute Gasteiger partial charge is 0.272 e. The van der Waals surface area contributed by atoms with Gasteiger partial charge in [0.25, 0.3) is 5.91 Å². The average Bonchev–Trinajstić information content (AvgIpc) is 3.14. The molecule has 1 aliphatic rings. The molecular formula is C24H28N4O2S2. The summed E-state index contributed by atoms with van der Waals surface area (Å²) in [5.74, 6) is 0.206. The molecule has 0 aliphatic heterocycles. The van der Waals surface area contributed by atoms with E-state index in [-0.39, 0.29) is 23.0 Å². The van der Waals surface area contributed by atoms with Gasteiger partial charge in [-0.05, 0) is 55.2 Å². The van der Waals surface area contributed by atoms with Crippen molar-refractivity contribution in [1.29, 1.82) is 0 Å². The number of benzene rings is 1. The average molecular weight is 469 g/mol. The molecule has 3 aromatic rings. The number of carbonyl (C=O) groups is 2. The SMILES string of the molecule is Cc1ccc(C(=O)NNC(=O)CSc2ncnc3sc4c(c23)CCC(C(C)(C)C)C4)cc1. The first kappa shape index (κ1) is 22.7. The number of amides is 2. The van der Waals surface area contributed by atoms with Crippen molar-refractivity contribution in [3.63, 3.8) is 0 Å². The van der Waals surface area contributed by atoms with Crippen LogP contribution in [0.15, 0.2) is 35.6 Å². The van der Waals surface area contributed by atoms with E-state index in [9.17, 15) is 9.59 Å². The van der Waals surface area contributed by atoms with Gasteiger partial charge >= 0.3 is 0 Å². The summed E-state index contributed by atoms with van der Waals surface area (Å²) in [6, 6.07) is 7.18. The van der Waals surface area contributed by atoms with Crippen LogP contribution in [0.5, 0.6) is 0 Å². The summed E-state index contributed by atoms with van der Waals surface area (Å²) >= 11 is 3.14. The predicted octanol–water partition coefficient (Wildman–Crippen LogP) is 4.70. The van der Waals surface area contributed by atoms with Crippen molar-refractivity contribution in [2.75, 3.05) is 5.75 Å². The Labute approximate surface area is 196 Å². The summed E-state index contributed by atoms with van der Waals surface area (Å²) in [4.78, 5) is 35.9. The molecule has 1 aliphatic carbocycles. The highest BCUT2D eigenvalue weighted by atomic mass is 32.2. The normalized spacial score (nSPS) is 15.9. The Morgan fingerprint density at radius 3 is 2.62 bits per heavy atom. The lowest BCUT2D eigenvalue weighted by Gasteiger charge is -2.33. The molecule has 32 heavy (non-hydrogen) atoms. The molecule has 2 N–H and O–H groups in total. The van der Waals surface area contributed by atoms with E-state index in [1.165, 1.54) is 22.2 Å².